The van der Waals surface area contributed by atoms with Gasteiger partial charge in [0.2, 0.25) is 5.95 Å². The van der Waals surface area contributed by atoms with Crippen molar-refractivity contribution in [3.05, 3.63) is 18.5 Å². The minimum absolute atomic E-state index is 0.0329. The van der Waals surface area contributed by atoms with E-state index in [2.05, 4.69) is 35.4 Å². The Morgan fingerprint density at radius 1 is 1.26 bits per heavy atom. The van der Waals surface area contributed by atoms with Gasteiger partial charge in [0.1, 0.15) is 0 Å². The highest BCUT2D eigenvalue weighted by Crippen LogP contribution is 2.11. The van der Waals surface area contributed by atoms with E-state index >= 15 is 0 Å². The van der Waals surface area contributed by atoms with Gasteiger partial charge in [-0.15, -0.1) is 0 Å². The molecule has 0 spiro atoms. The molecule has 3 rings (SSSR count). The standard InChI is InChI=1S/C17H29N7O2S/c1-18-16(22-15-4-13-27(25,26)14-15)19-7-3-8-23-9-11-24(12-10-23)17-20-5-2-6-21-17/h2,5-6,15H,3-4,7-14H2,1H3,(H2,18,19,22). The summed E-state index contributed by atoms with van der Waals surface area (Å²) in [5, 5.41) is 6.49. The largest absolute Gasteiger partial charge is 0.356 e. The lowest BCUT2D eigenvalue weighted by Gasteiger charge is -2.34. The molecular weight excluding hydrogens is 366 g/mol. The van der Waals surface area contributed by atoms with Crippen LogP contribution in [0, 0.1) is 0 Å². The Kier molecular flexibility index (Phi) is 6.84. The average Bonchev–Trinajstić information content (AvgIpc) is 3.03. The Morgan fingerprint density at radius 3 is 2.63 bits per heavy atom. The molecule has 2 aliphatic heterocycles. The van der Waals surface area contributed by atoms with Crippen molar-refractivity contribution in [1.82, 2.24) is 25.5 Å². The monoisotopic (exact) mass is 395 g/mol. The van der Waals surface area contributed by atoms with Crippen LogP contribution < -0.4 is 15.5 Å². The van der Waals surface area contributed by atoms with E-state index in [-0.39, 0.29) is 17.5 Å². The molecule has 0 radical (unpaired) electrons. The van der Waals surface area contributed by atoms with Crippen LogP contribution in [0.2, 0.25) is 0 Å². The highest BCUT2D eigenvalue weighted by atomic mass is 32.2. The summed E-state index contributed by atoms with van der Waals surface area (Å²) in [5.74, 6) is 1.95. The van der Waals surface area contributed by atoms with E-state index in [0.717, 1.165) is 51.6 Å². The number of piperazine rings is 1. The van der Waals surface area contributed by atoms with Crippen molar-refractivity contribution < 1.29 is 8.42 Å². The lowest BCUT2D eigenvalue weighted by Crippen LogP contribution is -2.48. The van der Waals surface area contributed by atoms with E-state index in [1.54, 1.807) is 19.4 Å². The summed E-state index contributed by atoms with van der Waals surface area (Å²) in [4.78, 5) is 17.5. The normalized spacial score (nSPS) is 23.4. The summed E-state index contributed by atoms with van der Waals surface area (Å²) in [5.41, 5.74) is 0. The first-order valence-corrected chi connectivity index (χ1v) is 11.3. The summed E-state index contributed by atoms with van der Waals surface area (Å²) in [6, 6.07) is 1.80. The zero-order valence-corrected chi connectivity index (χ0v) is 16.7. The maximum Gasteiger partial charge on any atom is 0.225 e. The Labute approximate surface area is 161 Å². The highest BCUT2D eigenvalue weighted by Gasteiger charge is 2.28. The first-order valence-electron chi connectivity index (χ1n) is 9.48. The Hall–Kier alpha value is -1.94. The molecule has 0 aromatic carbocycles. The van der Waals surface area contributed by atoms with Crippen molar-refractivity contribution in [2.45, 2.75) is 18.9 Å². The number of hydrogen-bond acceptors (Lipinski definition) is 7. The fourth-order valence-corrected chi connectivity index (χ4v) is 5.11. The van der Waals surface area contributed by atoms with Crippen molar-refractivity contribution in [3.63, 3.8) is 0 Å². The van der Waals surface area contributed by atoms with Crippen LogP contribution in [0.1, 0.15) is 12.8 Å². The third-order valence-electron chi connectivity index (χ3n) is 4.95. The Morgan fingerprint density at radius 2 is 2.00 bits per heavy atom. The Balaban J connectivity index is 1.31. The molecule has 1 aromatic heterocycles. The van der Waals surface area contributed by atoms with Crippen molar-refractivity contribution in [2.24, 2.45) is 4.99 Å². The fraction of sp³-hybridized carbons (Fsp3) is 0.706. The van der Waals surface area contributed by atoms with Crippen LogP contribution in [0.3, 0.4) is 0 Å². The summed E-state index contributed by atoms with van der Waals surface area (Å²) in [6.07, 6.45) is 5.22. The van der Waals surface area contributed by atoms with Gasteiger partial charge in [0.25, 0.3) is 0 Å². The minimum atomic E-state index is -2.88. The number of guanidine groups is 1. The molecule has 1 aromatic rings. The van der Waals surface area contributed by atoms with Gasteiger partial charge in [-0.05, 0) is 25.5 Å². The van der Waals surface area contributed by atoms with Crippen LogP contribution in [-0.4, -0.2) is 93.1 Å². The number of hydrogen-bond donors (Lipinski definition) is 2. The molecule has 0 aliphatic carbocycles. The third kappa shape index (κ3) is 6.03. The minimum Gasteiger partial charge on any atom is -0.356 e. The second-order valence-corrected chi connectivity index (χ2v) is 9.20. The van der Waals surface area contributed by atoms with Crippen LogP contribution in [0.4, 0.5) is 5.95 Å². The number of aliphatic imine (C=N–C) groups is 1. The van der Waals surface area contributed by atoms with Crippen LogP contribution in [0.15, 0.2) is 23.5 Å². The van der Waals surface area contributed by atoms with Gasteiger partial charge in [-0.3, -0.25) is 9.89 Å². The fourth-order valence-electron chi connectivity index (χ4n) is 3.43. The van der Waals surface area contributed by atoms with Crippen molar-refractivity contribution in [1.29, 1.82) is 0 Å². The lowest BCUT2D eigenvalue weighted by atomic mass is 10.3. The number of sulfone groups is 1. The van der Waals surface area contributed by atoms with Gasteiger partial charge >= 0.3 is 0 Å². The quantitative estimate of drug-likeness (QED) is 0.372. The van der Waals surface area contributed by atoms with E-state index in [1.807, 2.05) is 6.07 Å². The molecular formula is C17H29N7O2S. The van der Waals surface area contributed by atoms with Gasteiger partial charge < -0.3 is 15.5 Å². The van der Waals surface area contributed by atoms with E-state index in [1.165, 1.54) is 0 Å². The molecule has 3 heterocycles. The molecule has 150 valence electrons. The van der Waals surface area contributed by atoms with E-state index in [9.17, 15) is 8.42 Å². The number of nitrogens with one attached hydrogen (secondary N) is 2. The molecule has 0 bridgehead atoms. The van der Waals surface area contributed by atoms with Crippen LogP contribution in [-0.2, 0) is 9.84 Å². The van der Waals surface area contributed by atoms with Crippen LogP contribution in [0.5, 0.6) is 0 Å². The molecule has 0 saturated carbocycles. The van der Waals surface area contributed by atoms with Crippen molar-refractivity contribution >= 4 is 21.7 Å². The average molecular weight is 396 g/mol. The second kappa shape index (κ2) is 9.32. The SMILES string of the molecule is CN=C(NCCCN1CCN(c2ncccn2)CC1)NC1CCS(=O)(=O)C1. The predicted molar refractivity (Wildman–Crippen MR) is 107 cm³/mol. The molecule has 2 N–H and O–H groups in total. The zero-order chi connectivity index (χ0) is 19.1. The summed E-state index contributed by atoms with van der Waals surface area (Å²) < 4.78 is 23.1. The topological polar surface area (TPSA) is 103 Å². The lowest BCUT2D eigenvalue weighted by molar-refractivity contribution is 0.254. The first kappa shape index (κ1) is 19.8. The van der Waals surface area contributed by atoms with Gasteiger partial charge in [0, 0.05) is 58.2 Å². The number of nitrogens with zero attached hydrogens (tertiary/aromatic N) is 5. The molecule has 9 nitrogen and oxygen atoms in total. The van der Waals surface area contributed by atoms with Gasteiger partial charge in [0.15, 0.2) is 15.8 Å². The van der Waals surface area contributed by atoms with Crippen LogP contribution >= 0.6 is 0 Å². The third-order valence-corrected chi connectivity index (χ3v) is 6.72. The van der Waals surface area contributed by atoms with E-state index < -0.39 is 9.84 Å². The highest BCUT2D eigenvalue weighted by molar-refractivity contribution is 7.91. The summed E-state index contributed by atoms with van der Waals surface area (Å²) >= 11 is 0. The predicted octanol–water partition coefficient (Wildman–Crippen LogP) is -0.659. The smallest absolute Gasteiger partial charge is 0.225 e. The van der Waals surface area contributed by atoms with Crippen molar-refractivity contribution in [2.75, 3.05) is 62.7 Å². The number of rotatable bonds is 6. The van der Waals surface area contributed by atoms with Gasteiger partial charge in [-0.2, -0.15) is 0 Å². The Bertz CT molecular complexity index is 718. The zero-order valence-electron chi connectivity index (χ0n) is 15.8. The second-order valence-electron chi connectivity index (χ2n) is 6.97. The molecule has 1 unspecified atom stereocenters. The van der Waals surface area contributed by atoms with Crippen LogP contribution in [0.25, 0.3) is 0 Å². The van der Waals surface area contributed by atoms with Gasteiger partial charge in [-0.25, -0.2) is 18.4 Å². The maximum atomic E-state index is 11.5. The van der Waals surface area contributed by atoms with E-state index in [4.69, 9.17) is 0 Å². The number of anilines is 1. The molecule has 27 heavy (non-hydrogen) atoms. The summed E-state index contributed by atoms with van der Waals surface area (Å²) in [7, 11) is -1.17. The van der Waals surface area contributed by atoms with Gasteiger partial charge in [0.05, 0.1) is 11.5 Å². The van der Waals surface area contributed by atoms with Crippen molar-refractivity contribution in [3.8, 4) is 0 Å². The summed E-state index contributed by atoms with van der Waals surface area (Å²) in [6.45, 7) is 5.72. The van der Waals surface area contributed by atoms with E-state index in [0.29, 0.717) is 12.4 Å². The molecule has 10 heteroatoms. The number of aromatic nitrogens is 2. The molecule has 2 saturated heterocycles. The molecule has 2 fully saturated rings. The molecule has 2 aliphatic rings. The van der Waals surface area contributed by atoms with Gasteiger partial charge in [-0.1, -0.05) is 0 Å². The molecule has 1 atom stereocenters. The first-order chi connectivity index (χ1) is 13.1. The maximum absolute atomic E-state index is 11.5. The molecule has 0 amide bonds.